The molecular formula is C25H29FN4O3. The minimum absolute atomic E-state index is 0.112. The molecule has 7 nitrogen and oxygen atoms in total. The highest BCUT2D eigenvalue weighted by Crippen LogP contribution is 2.31. The van der Waals surface area contributed by atoms with Gasteiger partial charge in [0.2, 0.25) is 0 Å². The first kappa shape index (κ1) is 21.8. The fourth-order valence-corrected chi connectivity index (χ4v) is 4.94. The summed E-state index contributed by atoms with van der Waals surface area (Å²) in [5.74, 6) is 1.62. The van der Waals surface area contributed by atoms with E-state index in [4.69, 9.17) is 9.47 Å². The molecule has 1 atom stereocenters. The van der Waals surface area contributed by atoms with E-state index in [1.54, 1.807) is 12.3 Å². The number of hydrogen-bond donors (Lipinski definition) is 1. The van der Waals surface area contributed by atoms with E-state index >= 15 is 0 Å². The number of halogens is 1. The molecule has 3 aromatic rings. The van der Waals surface area contributed by atoms with Crippen molar-refractivity contribution in [2.45, 2.75) is 50.7 Å². The SMILES string of the molecule is COC(=O)C[C@H]1CC[C@H](O[C@@H]2CCN(c3ccc(-c4nc5cc(F)ccc5[nH]4)cn3)C2)CC1. The van der Waals surface area contributed by atoms with Crippen LogP contribution in [-0.4, -0.2) is 53.3 Å². The molecule has 8 heteroatoms. The van der Waals surface area contributed by atoms with Gasteiger partial charge in [-0.2, -0.15) is 0 Å². The Morgan fingerprint density at radius 1 is 1.15 bits per heavy atom. The zero-order valence-corrected chi connectivity index (χ0v) is 18.8. The van der Waals surface area contributed by atoms with Crippen molar-refractivity contribution >= 4 is 22.8 Å². The van der Waals surface area contributed by atoms with Crippen LogP contribution in [0.2, 0.25) is 0 Å². The van der Waals surface area contributed by atoms with Gasteiger partial charge in [-0.1, -0.05) is 0 Å². The molecule has 1 saturated carbocycles. The van der Waals surface area contributed by atoms with E-state index in [9.17, 15) is 9.18 Å². The van der Waals surface area contributed by atoms with Crippen LogP contribution in [0.15, 0.2) is 36.5 Å². The zero-order chi connectivity index (χ0) is 22.8. The Balaban J connectivity index is 1.14. The van der Waals surface area contributed by atoms with Crippen LogP contribution in [0.1, 0.15) is 38.5 Å². The molecular weight excluding hydrogens is 423 g/mol. The highest BCUT2D eigenvalue weighted by molar-refractivity contribution is 5.79. The number of carbonyl (C=O) groups excluding carboxylic acids is 1. The fraction of sp³-hybridized carbons (Fsp3) is 0.480. The van der Waals surface area contributed by atoms with Crippen LogP contribution in [0.5, 0.6) is 0 Å². The Morgan fingerprint density at radius 3 is 2.76 bits per heavy atom. The second-order valence-electron chi connectivity index (χ2n) is 9.07. The number of ether oxygens (including phenoxy) is 2. The Labute approximate surface area is 192 Å². The molecule has 0 amide bonds. The van der Waals surface area contributed by atoms with E-state index in [0.29, 0.717) is 23.7 Å². The lowest BCUT2D eigenvalue weighted by Gasteiger charge is -2.30. The van der Waals surface area contributed by atoms with Crippen LogP contribution in [0.25, 0.3) is 22.4 Å². The molecule has 1 aromatic carbocycles. The highest BCUT2D eigenvalue weighted by atomic mass is 19.1. The molecule has 174 valence electrons. The second-order valence-corrected chi connectivity index (χ2v) is 9.07. The van der Waals surface area contributed by atoms with E-state index in [1.165, 1.54) is 19.2 Å². The first-order valence-electron chi connectivity index (χ1n) is 11.7. The van der Waals surface area contributed by atoms with E-state index < -0.39 is 0 Å². The maximum atomic E-state index is 13.4. The van der Waals surface area contributed by atoms with Gasteiger partial charge >= 0.3 is 5.97 Å². The van der Waals surface area contributed by atoms with Crippen molar-refractivity contribution in [3.8, 4) is 11.4 Å². The van der Waals surface area contributed by atoms with Crippen molar-refractivity contribution in [2.75, 3.05) is 25.1 Å². The third-order valence-electron chi connectivity index (χ3n) is 6.80. The molecule has 0 unspecified atom stereocenters. The number of esters is 1. The summed E-state index contributed by atoms with van der Waals surface area (Å²) in [6.07, 6.45) is 7.85. The Hall–Kier alpha value is -3.00. The quantitative estimate of drug-likeness (QED) is 0.556. The fourth-order valence-electron chi connectivity index (χ4n) is 4.94. The maximum absolute atomic E-state index is 13.4. The molecule has 2 fully saturated rings. The van der Waals surface area contributed by atoms with Gasteiger partial charge in [0.15, 0.2) is 0 Å². The summed E-state index contributed by atoms with van der Waals surface area (Å²) in [7, 11) is 1.45. The molecule has 0 spiro atoms. The molecule has 3 heterocycles. The molecule has 5 rings (SSSR count). The third kappa shape index (κ3) is 5.00. The summed E-state index contributed by atoms with van der Waals surface area (Å²) in [4.78, 5) is 26.1. The number of aromatic nitrogens is 3. The van der Waals surface area contributed by atoms with Gasteiger partial charge in [-0.3, -0.25) is 4.79 Å². The molecule has 1 saturated heterocycles. The Kier molecular flexibility index (Phi) is 6.26. The number of H-pyrrole nitrogens is 1. The predicted octanol–water partition coefficient (Wildman–Crippen LogP) is 4.48. The molecule has 2 aromatic heterocycles. The highest BCUT2D eigenvalue weighted by Gasteiger charge is 2.30. The number of nitrogens with one attached hydrogen (secondary N) is 1. The number of carbonyl (C=O) groups is 1. The van der Waals surface area contributed by atoms with Gasteiger partial charge in [0.25, 0.3) is 0 Å². The van der Waals surface area contributed by atoms with Crippen LogP contribution in [0, 0.1) is 11.7 Å². The molecule has 2 aliphatic rings. The van der Waals surface area contributed by atoms with Crippen LogP contribution < -0.4 is 4.90 Å². The lowest BCUT2D eigenvalue weighted by molar-refractivity contribution is -0.142. The molecule has 1 aliphatic heterocycles. The summed E-state index contributed by atoms with van der Waals surface area (Å²) >= 11 is 0. The van der Waals surface area contributed by atoms with Crippen molar-refractivity contribution in [1.29, 1.82) is 0 Å². The summed E-state index contributed by atoms with van der Waals surface area (Å²) in [5.41, 5.74) is 2.27. The third-order valence-corrected chi connectivity index (χ3v) is 6.80. The smallest absolute Gasteiger partial charge is 0.305 e. The summed E-state index contributed by atoms with van der Waals surface area (Å²) in [5, 5.41) is 0. The van der Waals surface area contributed by atoms with E-state index in [1.807, 2.05) is 12.1 Å². The van der Waals surface area contributed by atoms with Crippen molar-refractivity contribution in [3.63, 3.8) is 0 Å². The Bertz CT molecular complexity index is 1110. The van der Waals surface area contributed by atoms with E-state index in [0.717, 1.165) is 62.1 Å². The molecule has 33 heavy (non-hydrogen) atoms. The lowest BCUT2D eigenvalue weighted by atomic mass is 9.85. The summed E-state index contributed by atoms with van der Waals surface area (Å²) < 4.78 is 24.6. The van der Waals surface area contributed by atoms with Gasteiger partial charge in [-0.05, 0) is 62.3 Å². The number of nitrogens with zero attached hydrogens (tertiary/aromatic N) is 3. The summed E-state index contributed by atoms with van der Waals surface area (Å²) in [6.45, 7) is 1.75. The van der Waals surface area contributed by atoms with Gasteiger partial charge in [0, 0.05) is 37.3 Å². The van der Waals surface area contributed by atoms with Gasteiger partial charge < -0.3 is 19.4 Å². The molecule has 0 radical (unpaired) electrons. The predicted molar refractivity (Wildman–Crippen MR) is 123 cm³/mol. The number of rotatable bonds is 6. The van der Waals surface area contributed by atoms with Crippen molar-refractivity contribution in [3.05, 3.63) is 42.3 Å². The van der Waals surface area contributed by atoms with Crippen molar-refractivity contribution in [1.82, 2.24) is 15.0 Å². The van der Waals surface area contributed by atoms with Crippen LogP contribution in [0.3, 0.4) is 0 Å². The van der Waals surface area contributed by atoms with Gasteiger partial charge in [0.1, 0.15) is 17.5 Å². The number of anilines is 1. The number of fused-ring (bicyclic) bond motifs is 1. The van der Waals surface area contributed by atoms with Gasteiger partial charge in [-0.15, -0.1) is 0 Å². The standard InChI is InChI=1S/C25H29FN4O3/c1-32-24(31)12-16-2-6-19(7-3-16)33-20-10-11-30(15-20)23-9-4-17(14-27-23)25-28-21-8-5-18(26)13-22(21)29-25/h4-5,8-9,13-14,16,19-20H,2-3,6-7,10-12,15H2,1H3,(H,28,29)/t16-,19-,20-/m1/s1. The van der Waals surface area contributed by atoms with E-state index in [-0.39, 0.29) is 24.0 Å². The van der Waals surface area contributed by atoms with E-state index in [2.05, 4.69) is 19.9 Å². The number of pyridine rings is 1. The van der Waals surface area contributed by atoms with Gasteiger partial charge in [-0.25, -0.2) is 14.4 Å². The van der Waals surface area contributed by atoms with Crippen molar-refractivity contribution in [2.24, 2.45) is 5.92 Å². The topological polar surface area (TPSA) is 80.3 Å². The average molecular weight is 453 g/mol. The summed E-state index contributed by atoms with van der Waals surface area (Å²) in [6, 6.07) is 8.54. The molecule has 0 bridgehead atoms. The van der Waals surface area contributed by atoms with Crippen LogP contribution >= 0.6 is 0 Å². The normalized spacial score (nSPS) is 23.2. The zero-order valence-electron chi connectivity index (χ0n) is 18.8. The number of methoxy groups -OCH3 is 1. The maximum Gasteiger partial charge on any atom is 0.305 e. The van der Waals surface area contributed by atoms with Crippen LogP contribution in [0.4, 0.5) is 10.2 Å². The number of imidazole rings is 1. The lowest BCUT2D eigenvalue weighted by Crippen LogP contribution is -2.30. The Morgan fingerprint density at radius 2 is 2.00 bits per heavy atom. The van der Waals surface area contributed by atoms with Crippen molar-refractivity contribution < 1.29 is 18.7 Å². The minimum atomic E-state index is -0.297. The monoisotopic (exact) mass is 452 g/mol. The number of benzene rings is 1. The molecule has 1 aliphatic carbocycles. The largest absolute Gasteiger partial charge is 0.469 e. The van der Waals surface area contributed by atoms with Crippen LogP contribution in [-0.2, 0) is 14.3 Å². The van der Waals surface area contributed by atoms with Gasteiger partial charge in [0.05, 0.1) is 30.4 Å². The average Bonchev–Trinajstić information content (AvgIpc) is 3.47. The number of hydrogen-bond acceptors (Lipinski definition) is 6. The first-order chi connectivity index (χ1) is 16.1. The molecule has 1 N–H and O–H groups in total. The minimum Gasteiger partial charge on any atom is -0.469 e. The second kappa shape index (κ2) is 9.47. The first-order valence-corrected chi connectivity index (χ1v) is 11.7. The number of aromatic amines is 1.